The molecular formula is C77H140O6. The number of allylic oxidation sites excluding steroid dienone is 10. The van der Waals surface area contributed by atoms with E-state index in [-0.39, 0.29) is 31.1 Å². The third kappa shape index (κ3) is 69.8. The molecule has 6 nitrogen and oxygen atoms in total. The number of carbonyl (C=O) groups is 3. The lowest BCUT2D eigenvalue weighted by molar-refractivity contribution is -0.167. The van der Waals surface area contributed by atoms with Gasteiger partial charge in [-0.15, -0.1) is 0 Å². The van der Waals surface area contributed by atoms with Crippen LogP contribution in [-0.4, -0.2) is 37.2 Å². The Morgan fingerprint density at radius 1 is 0.241 bits per heavy atom. The third-order valence-electron chi connectivity index (χ3n) is 16.5. The van der Waals surface area contributed by atoms with Gasteiger partial charge in [-0.25, -0.2) is 0 Å². The number of hydrogen-bond donors (Lipinski definition) is 0. The molecule has 0 spiro atoms. The summed E-state index contributed by atoms with van der Waals surface area (Å²) in [4.78, 5) is 38.2. The van der Waals surface area contributed by atoms with E-state index in [2.05, 4.69) is 81.5 Å². The van der Waals surface area contributed by atoms with Gasteiger partial charge in [0, 0.05) is 19.3 Å². The standard InChI is InChI=1S/C77H140O6/c1-4-7-10-13-16-18-20-22-24-26-28-30-32-34-36-38-40-42-44-46-48-50-52-54-56-58-61-64-67-70-76(79)82-73-74(72-81-75(78)69-66-63-60-15-12-9-6-3)83-77(80)71-68-65-62-59-57-55-53-51-49-47-45-43-41-39-37-35-33-31-29-27-25-23-21-19-17-14-11-8-5-2/h20-23,26-29,32,34,74H,4-19,24-25,30-31,33,35-73H2,1-3H3/b22-20-,23-21-,28-26-,29-27-,34-32-. The van der Waals surface area contributed by atoms with Crippen LogP contribution in [0.3, 0.4) is 0 Å². The van der Waals surface area contributed by atoms with Crippen molar-refractivity contribution in [2.75, 3.05) is 13.2 Å². The molecule has 0 saturated carbocycles. The van der Waals surface area contributed by atoms with E-state index in [9.17, 15) is 14.4 Å². The molecule has 83 heavy (non-hydrogen) atoms. The Bertz CT molecular complexity index is 1470. The monoisotopic (exact) mass is 1160 g/mol. The minimum Gasteiger partial charge on any atom is -0.462 e. The molecule has 0 radical (unpaired) electrons. The van der Waals surface area contributed by atoms with Crippen molar-refractivity contribution in [1.29, 1.82) is 0 Å². The summed E-state index contributed by atoms with van der Waals surface area (Å²) in [5, 5.41) is 0. The first-order valence-electron chi connectivity index (χ1n) is 36.8. The van der Waals surface area contributed by atoms with E-state index in [1.165, 1.54) is 276 Å². The van der Waals surface area contributed by atoms with Gasteiger partial charge in [0.05, 0.1) is 0 Å². The van der Waals surface area contributed by atoms with Crippen LogP contribution in [0.25, 0.3) is 0 Å². The van der Waals surface area contributed by atoms with Crippen LogP contribution in [0.2, 0.25) is 0 Å². The second kappa shape index (κ2) is 71.6. The highest BCUT2D eigenvalue weighted by Crippen LogP contribution is 2.18. The first kappa shape index (κ1) is 80.1. The van der Waals surface area contributed by atoms with E-state index in [1.807, 2.05) is 0 Å². The molecule has 0 amide bonds. The fourth-order valence-electron chi connectivity index (χ4n) is 11.0. The minimum absolute atomic E-state index is 0.0697. The lowest BCUT2D eigenvalue weighted by Gasteiger charge is -2.18. The topological polar surface area (TPSA) is 78.9 Å². The maximum Gasteiger partial charge on any atom is 0.306 e. The van der Waals surface area contributed by atoms with Crippen molar-refractivity contribution in [2.24, 2.45) is 0 Å². The Morgan fingerprint density at radius 2 is 0.434 bits per heavy atom. The highest BCUT2D eigenvalue weighted by molar-refractivity contribution is 5.71. The van der Waals surface area contributed by atoms with Crippen molar-refractivity contribution in [1.82, 2.24) is 0 Å². The Morgan fingerprint density at radius 3 is 0.675 bits per heavy atom. The van der Waals surface area contributed by atoms with Crippen molar-refractivity contribution in [3.05, 3.63) is 60.8 Å². The van der Waals surface area contributed by atoms with Crippen molar-refractivity contribution in [3.8, 4) is 0 Å². The molecule has 0 saturated heterocycles. The average molecular weight is 1160 g/mol. The highest BCUT2D eigenvalue weighted by atomic mass is 16.6. The maximum atomic E-state index is 12.9. The molecule has 0 aromatic carbocycles. The smallest absolute Gasteiger partial charge is 0.306 e. The van der Waals surface area contributed by atoms with Crippen LogP contribution in [0.15, 0.2) is 60.8 Å². The summed E-state index contributed by atoms with van der Waals surface area (Å²) < 4.78 is 16.9. The molecule has 1 atom stereocenters. The van der Waals surface area contributed by atoms with Gasteiger partial charge in [0.1, 0.15) is 13.2 Å². The molecule has 0 aliphatic rings. The Kier molecular flexibility index (Phi) is 69.1. The second-order valence-electron chi connectivity index (χ2n) is 24.9. The van der Waals surface area contributed by atoms with Crippen LogP contribution in [0.4, 0.5) is 0 Å². The summed E-state index contributed by atoms with van der Waals surface area (Å²) >= 11 is 0. The summed E-state index contributed by atoms with van der Waals surface area (Å²) in [6.45, 7) is 6.63. The van der Waals surface area contributed by atoms with Gasteiger partial charge in [-0.3, -0.25) is 14.4 Å². The molecule has 0 aromatic heterocycles. The molecule has 0 heterocycles. The van der Waals surface area contributed by atoms with E-state index in [4.69, 9.17) is 14.2 Å². The van der Waals surface area contributed by atoms with Gasteiger partial charge in [-0.1, -0.05) is 345 Å². The quantitative estimate of drug-likeness (QED) is 0.0261. The lowest BCUT2D eigenvalue weighted by Crippen LogP contribution is -2.30. The molecule has 0 rings (SSSR count). The Balaban J connectivity index is 4.02. The molecule has 1 unspecified atom stereocenters. The Hall–Kier alpha value is -2.89. The predicted octanol–water partition coefficient (Wildman–Crippen LogP) is 25.5. The number of ether oxygens (including phenoxy) is 3. The molecular weight excluding hydrogens is 1020 g/mol. The zero-order valence-electron chi connectivity index (χ0n) is 55.7. The van der Waals surface area contributed by atoms with Gasteiger partial charge < -0.3 is 14.2 Å². The number of hydrogen-bond acceptors (Lipinski definition) is 6. The molecule has 6 heteroatoms. The number of carbonyl (C=O) groups excluding carboxylic acids is 3. The highest BCUT2D eigenvalue weighted by Gasteiger charge is 2.19. The van der Waals surface area contributed by atoms with E-state index in [0.29, 0.717) is 19.3 Å². The Labute approximate surface area is 517 Å². The summed E-state index contributed by atoms with van der Waals surface area (Å²) in [7, 11) is 0. The molecule has 0 N–H and O–H groups in total. The minimum atomic E-state index is -0.771. The summed E-state index contributed by atoms with van der Waals surface area (Å²) in [5.74, 6) is -0.854. The summed E-state index contributed by atoms with van der Waals surface area (Å²) in [5.41, 5.74) is 0. The van der Waals surface area contributed by atoms with Crippen LogP contribution < -0.4 is 0 Å². The first-order valence-corrected chi connectivity index (χ1v) is 36.8. The number of esters is 3. The van der Waals surface area contributed by atoms with Gasteiger partial charge in [0.2, 0.25) is 0 Å². The van der Waals surface area contributed by atoms with Crippen LogP contribution in [0.1, 0.15) is 393 Å². The van der Waals surface area contributed by atoms with Crippen LogP contribution in [0, 0.1) is 0 Å². The lowest BCUT2D eigenvalue weighted by atomic mass is 10.0. The molecule has 0 bridgehead atoms. The SMILES string of the molecule is CCCCCCC/C=C\C/C=C\C/C=C\CCCCCCCCCCCCCCCCC(=O)OCC(COC(=O)CCCCCCCCC)OC(=O)CCCCCCCCCCCCCCCCCCC/C=C\C/C=C\CCCCCCC. The largest absolute Gasteiger partial charge is 0.462 e. The molecule has 0 aromatic rings. The number of rotatable bonds is 68. The van der Waals surface area contributed by atoms with Crippen LogP contribution in [0.5, 0.6) is 0 Å². The second-order valence-corrected chi connectivity index (χ2v) is 24.9. The molecule has 0 aliphatic heterocycles. The van der Waals surface area contributed by atoms with E-state index in [1.54, 1.807) is 0 Å². The fraction of sp³-hybridized carbons (Fsp3) is 0.831. The predicted molar refractivity (Wildman–Crippen MR) is 362 cm³/mol. The summed E-state index contributed by atoms with van der Waals surface area (Å²) in [6.07, 6.45) is 92.9. The maximum absolute atomic E-state index is 12.9. The zero-order valence-corrected chi connectivity index (χ0v) is 55.7. The fourth-order valence-corrected chi connectivity index (χ4v) is 11.0. The van der Waals surface area contributed by atoms with E-state index < -0.39 is 6.10 Å². The van der Waals surface area contributed by atoms with Gasteiger partial charge in [-0.05, 0) is 89.9 Å². The van der Waals surface area contributed by atoms with E-state index >= 15 is 0 Å². The van der Waals surface area contributed by atoms with Crippen molar-refractivity contribution < 1.29 is 28.6 Å². The van der Waals surface area contributed by atoms with Gasteiger partial charge in [0.15, 0.2) is 6.10 Å². The summed E-state index contributed by atoms with van der Waals surface area (Å²) in [6, 6.07) is 0. The molecule has 0 fully saturated rings. The zero-order chi connectivity index (χ0) is 59.9. The molecule has 0 aliphatic carbocycles. The van der Waals surface area contributed by atoms with Gasteiger partial charge in [-0.2, -0.15) is 0 Å². The van der Waals surface area contributed by atoms with Crippen molar-refractivity contribution in [2.45, 2.75) is 399 Å². The number of unbranched alkanes of at least 4 members (excludes halogenated alkanes) is 47. The van der Waals surface area contributed by atoms with Crippen LogP contribution >= 0.6 is 0 Å². The normalized spacial score (nSPS) is 12.4. The van der Waals surface area contributed by atoms with Crippen molar-refractivity contribution >= 4 is 17.9 Å². The average Bonchev–Trinajstić information content (AvgIpc) is 3.49. The van der Waals surface area contributed by atoms with Crippen LogP contribution in [-0.2, 0) is 28.6 Å². The van der Waals surface area contributed by atoms with Gasteiger partial charge >= 0.3 is 17.9 Å². The molecule has 484 valence electrons. The first-order chi connectivity index (χ1) is 41.0. The van der Waals surface area contributed by atoms with E-state index in [0.717, 1.165) is 77.0 Å². The third-order valence-corrected chi connectivity index (χ3v) is 16.5. The van der Waals surface area contributed by atoms with Gasteiger partial charge in [0.25, 0.3) is 0 Å². The van der Waals surface area contributed by atoms with Crippen molar-refractivity contribution in [3.63, 3.8) is 0 Å².